The molecule has 0 aliphatic carbocycles. The van der Waals surface area contributed by atoms with Gasteiger partial charge in [-0.2, -0.15) is 4.31 Å². The standard InChI is InChI=1S/C28H27ClN4O5S/c1-4-16-32(39(35,36)23-13-10-21(29)11-14-23)19-27(34)31-28-30-24(20-8-6-5-7-9-20)18-33(28)22-12-15-25(37-2)26(17-22)38-3/h4-15,17-18H,1,16,19H2,2-3H3,(H,30,31,34). The number of sulfonamides is 1. The van der Waals surface area contributed by atoms with E-state index in [4.69, 9.17) is 21.1 Å². The summed E-state index contributed by atoms with van der Waals surface area (Å²) in [7, 11) is -0.926. The van der Waals surface area contributed by atoms with Gasteiger partial charge in [-0.25, -0.2) is 13.4 Å². The molecule has 0 atom stereocenters. The average molecular weight is 567 g/mol. The van der Waals surface area contributed by atoms with Gasteiger partial charge in [0, 0.05) is 29.4 Å². The number of halogens is 1. The topological polar surface area (TPSA) is 103 Å². The van der Waals surface area contributed by atoms with Crippen LogP contribution in [-0.2, 0) is 14.8 Å². The molecule has 0 aliphatic heterocycles. The van der Waals surface area contributed by atoms with E-state index in [1.54, 1.807) is 36.1 Å². The summed E-state index contributed by atoms with van der Waals surface area (Å²) in [6, 6.07) is 20.5. The number of rotatable bonds is 11. The van der Waals surface area contributed by atoms with Gasteiger partial charge in [-0.15, -0.1) is 6.58 Å². The molecular formula is C28H27ClN4O5S. The van der Waals surface area contributed by atoms with Gasteiger partial charge in [0.1, 0.15) is 0 Å². The molecule has 3 aromatic carbocycles. The van der Waals surface area contributed by atoms with Gasteiger partial charge in [0.2, 0.25) is 21.9 Å². The van der Waals surface area contributed by atoms with Crippen molar-refractivity contribution in [1.29, 1.82) is 0 Å². The second-order valence-electron chi connectivity index (χ2n) is 8.31. The number of carbonyl (C=O) groups excluding carboxylic acids is 1. The Hall–Kier alpha value is -4.12. The van der Waals surface area contributed by atoms with Crippen LogP contribution in [0.3, 0.4) is 0 Å². The quantitative estimate of drug-likeness (QED) is 0.256. The Bertz CT molecular complexity index is 1570. The van der Waals surface area contributed by atoms with Gasteiger partial charge in [-0.1, -0.05) is 48.0 Å². The summed E-state index contributed by atoms with van der Waals surface area (Å²) >= 11 is 5.91. The van der Waals surface area contributed by atoms with Crippen LogP contribution in [0.1, 0.15) is 0 Å². The van der Waals surface area contributed by atoms with Crippen molar-refractivity contribution in [3.63, 3.8) is 0 Å². The van der Waals surface area contributed by atoms with Crippen LogP contribution in [0, 0.1) is 0 Å². The number of carbonyl (C=O) groups is 1. The molecule has 4 rings (SSSR count). The van der Waals surface area contributed by atoms with Gasteiger partial charge >= 0.3 is 0 Å². The first-order valence-corrected chi connectivity index (χ1v) is 13.6. The SMILES string of the molecule is C=CCN(CC(=O)Nc1nc(-c2ccccc2)cn1-c1ccc(OC)c(OC)c1)S(=O)(=O)c1ccc(Cl)cc1. The lowest BCUT2D eigenvalue weighted by atomic mass is 10.2. The van der Waals surface area contributed by atoms with Crippen molar-refractivity contribution in [3.8, 4) is 28.4 Å². The second-order valence-corrected chi connectivity index (χ2v) is 10.7. The zero-order valence-corrected chi connectivity index (χ0v) is 22.9. The molecular weight excluding hydrogens is 540 g/mol. The number of methoxy groups -OCH3 is 2. The van der Waals surface area contributed by atoms with Crippen molar-refractivity contribution in [3.05, 3.63) is 96.7 Å². The first-order chi connectivity index (χ1) is 18.8. The van der Waals surface area contributed by atoms with Crippen LogP contribution in [0.4, 0.5) is 5.95 Å². The maximum atomic E-state index is 13.2. The van der Waals surface area contributed by atoms with E-state index >= 15 is 0 Å². The fourth-order valence-corrected chi connectivity index (χ4v) is 5.35. The number of hydrogen-bond donors (Lipinski definition) is 1. The normalized spacial score (nSPS) is 11.3. The van der Waals surface area contributed by atoms with Gasteiger partial charge in [0.25, 0.3) is 0 Å². The van der Waals surface area contributed by atoms with Crippen LogP contribution in [0.25, 0.3) is 16.9 Å². The lowest BCUT2D eigenvalue weighted by Gasteiger charge is -2.20. The van der Waals surface area contributed by atoms with E-state index in [0.29, 0.717) is 27.9 Å². The van der Waals surface area contributed by atoms with E-state index in [2.05, 4.69) is 16.9 Å². The van der Waals surface area contributed by atoms with Crippen LogP contribution in [0.15, 0.2) is 96.5 Å². The predicted octanol–water partition coefficient (Wildman–Crippen LogP) is 5.03. The highest BCUT2D eigenvalue weighted by Gasteiger charge is 2.26. The molecule has 0 saturated heterocycles. The number of nitrogens with one attached hydrogen (secondary N) is 1. The number of nitrogens with zero attached hydrogens (tertiary/aromatic N) is 3. The molecule has 0 unspecified atom stereocenters. The maximum Gasteiger partial charge on any atom is 0.243 e. The molecule has 1 aromatic heterocycles. The summed E-state index contributed by atoms with van der Waals surface area (Å²) in [5.74, 6) is 0.658. The summed E-state index contributed by atoms with van der Waals surface area (Å²) < 4.78 is 40.0. The number of hydrogen-bond acceptors (Lipinski definition) is 6. The van der Waals surface area contributed by atoms with Gasteiger partial charge in [-0.05, 0) is 36.4 Å². The molecule has 4 aromatic rings. The summed E-state index contributed by atoms with van der Waals surface area (Å²) in [4.78, 5) is 17.9. The highest BCUT2D eigenvalue weighted by atomic mass is 35.5. The third-order valence-electron chi connectivity index (χ3n) is 5.78. The van der Waals surface area contributed by atoms with Crippen molar-refractivity contribution in [2.45, 2.75) is 4.90 Å². The molecule has 39 heavy (non-hydrogen) atoms. The molecule has 1 N–H and O–H groups in total. The molecule has 9 nitrogen and oxygen atoms in total. The van der Waals surface area contributed by atoms with Crippen LogP contribution < -0.4 is 14.8 Å². The minimum Gasteiger partial charge on any atom is -0.493 e. The zero-order chi connectivity index (χ0) is 28.0. The smallest absolute Gasteiger partial charge is 0.243 e. The van der Waals surface area contributed by atoms with Crippen molar-refractivity contribution < 1.29 is 22.7 Å². The van der Waals surface area contributed by atoms with E-state index < -0.39 is 22.5 Å². The molecule has 0 fully saturated rings. The molecule has 0 saturated carbocycles. The zero-order valence-electron chi connectivity index (χ0n) is 21.4. The first kappa shape index (κ1) is 27.9. The molecule has 1 amide bonds. The third-order valence-corrected chi connectivity index (χ3v) is 7.85. The summed E-state index contributed by atoms with van der Waals surface area (Å²) in [5, 5.41) is 3.17. The van der Waals surface area contributed by atoms with Crippen LogP contribution in [0.2, 0.25) is 5.02 Å². The van der Waals surface area contributed by atoms with Gasteiger partial charge in [-0.3, -0.25) is 14.7 Å². The molecule has 0 spiro atoms. The number of imidazole rings is 1. The Morgan fingerprint density at radius 1 is 1.05 bits per heavy atom. The molecule has 0 radical (unpaired) electrons. The summed E-state index contributed by atoms with van der Waals surface area (Å²) in [6.07, 6.45) is 3.19. The fraction of sp³-hybridized carbons (Fsp3) is 0.143. The van der Waals surface area contributed by atoms with E-state index in [-0.39, 0.29) is 17.4 Å². The van der Waals surface area contributed by atoms with E-state index in [9.17, 15) is 13.2 Å². The lowest BCUT2D eigenvalue weighted by Crippen LogP contribution is -2.38. The molecule has 202 valence electrons. The third kappa shape index (κ3) is 6.31. The molecule has 11 heteroatoms. The highest BCUT2D eigenvalue weighted by molar-refractivity contribution is 7.89. The Kier molecular flexibility index (Phi) is 8.70. The van der Waals surface area contributed by atoms with E-state index in [1.165, 1.54) is 37.5 Å². The van der Waals surface area contributed by atoms with E-state index in [1.807, 2.05) is 30.3 Å². The number of aromatic nitrogens is 2. The van der Waals surface area contributed by atoms with Gasteiger partial charge in [0.15, 0.2) is 11.5 Å². The lowest BCUT2D eigenvalue weighted by molar-refractivity contribution is -0.116. The number of ether oxygens (including phenoxy) is 2. The summed E-state index contributed by atoms with van der Waals surface area (Å²) in [5.41, 5.74) is 2.10. The minimum atomic E-state index is -4.00. The van der Waals surface area contributed by atoms with Crippen LogP contribution in [-0.4, -0.2) is 55.5 Å². The Balaban J connectivity index is 1.67. The second kappa shape index (κ2) is 12.2. The number of amides is 1. The van der Waals surface area contributed by atoms with Crippen molar-refractivity contribution >= 4 is 33.5 Å². The fourth-order valence-electron chi connectivity index (χ4n) is 3.86. The Morgan fingerprint density at radius 2 is 1.74 bits per heavy atom. The monoisotopic (exact) mass is 566 g/mol. The number of anilines is 1. The summed E-state index contributed by atoms with van der Waals surface area (Å²) in [6.45, 7) is 3.10. The largest absolute Gasteiger partial charge is 0.493 e. The van der Waals surface area contributed by atoms with E-state index in [0.717, 1.165) is 9.87 Å². The number of benzene rings is 3. The highest BCUT2D eigenvalue weighted by Crippen LogP contribution is 2.32. The predicted molar refractivity (Wildman–Crippen MR) is 151 cm³/mol. The molecule has 1 heterocycles. The average Bonchev–Trinajstić information content (AvgIpc) is 3.36. The van der Waals surface area contributed by atoms with Crippen molar-refractivity contribution in [2.75, 3.05) is 32.6 Å². The maximum absolute atomic E-state index is 13.2. The molecule has 0 bridgehead atoms. The van der Waals surface area contributed by atoms with Crippen molar-refractivity contribution in [2.24, 2.45) is 0 Å². The Labute approximate surface area is 232 Å². The Morgan fingerprint density at radius 3 is 2.38 bits per heavy atom. The first-order valence-electron chi connectivity index (χ1n) is 11.8. The van der Waals surface area contributed by atoms with Crippen LogP contribution in [0.5, 0.6) is 11.5 Å². The molecule has 0 aliphatic rings. The van der Waals surface area contributed by atoms with Crippen molar-refractivity contribution in [1.82, 2.24) is 13.9 Å². The van der Waals surface area contributed by atoms with Crippen LogP contribution >= 0.6 is 11.6 Å². The minimum absolute atomic E-state index is 0.0136. The van der Waals surface area contributed by atoms with Gasteiger partial charge < -0.3 is 9.47 Å². The van der Waals surface area contributed by atoms with Gasteiger partial charge in [0.05, 0.1) is 37.0 Å².